The summed E-state index contributed by atoms with van der Waals surface area (Å²) in [6.07, 6.45) is -4.22. The Labute approximate surface area is 174 Å². The maximum atomic E-state index is 14.1. The Morgan fingerprint density at radius 3 is 2.63 bits per heavy atom. The zero-order valence-corrected chi connectivity index (χ0v) is 16.5. The molecule has 0 radical (unpaired) electrons. The highest BCUT2D eigenvalue weighted by molar-refractivity contribution is 6.32. The fourth-order valence-corrected chi connectivity index (χ4v) is 4.45. The minimum Gasteiger partial charge on any atom is -0.506 e. The number of H-pyrrole nitrogens is 1. The molecule has 0 saturated carbocycles. The predicted molar refractivity (Wildman–Crippen MR) is 108 cm³/mol. The molecule has 158 valence electrons. The lowest BCUT2D eigenvalue weighted by atomic mass is 9.70. The van der Waals surface area contributed by atoms with E-state index in [0.717, 1.165) is 0 Å². The number of benzene rings is 2. The largest absolute Gasteiger partial charge is 0.506 e. The third-order valence-corrected chi connectivity index (χ3v) is 6.01. The summed E-state index contributed by atoms with van der Waals surface area (Å²) >= 11 is 5.98. The summed E-state index contributed by atoms with van der Waals surface area (Å²) in [5.74, 6) is -1.09. The standard InChI is InChI=1S/C21H18ClF3N2O3/c1-10-9-20(30,21(23,24)25)18(13-5-6-14(22)17(28)16(10)13)27-15-4-2-3-12-11(15)7-8-26-19(12)29/h2-8,10,18,27-28,30H,9H2,1H3,(H,26,29)/t10-,18-,20+/m0/s1. The molecule has 0 fully saturated rings. The van der Waals surface area contributed by atoms with Crippen LogP contribution in [0.1, 0.15) is 36.4 Å². The van der Waals surface area contributed by atoms with E-state index in [2.05, 4.69) is 10.3 Å². The molecular weight excluding hydrogens is 421 g/mol. The number of nitrogens with one attached hydrogen (secondary N) is 2. The molecule has 0 unspecified atom stereocenters. The van der Waals surface area contributed by atoms with Crippen LogP contribution < -0.4 is 10.9 Å². The molecule has 9 heteroatoms. The minimum atomic E-state index is -4.95. The Balaban J connectivity index is 1.94. The summed E-state index contributed by atoms with van der Waals surface area (Å²) in [5, 5.41) is 24.8. The molecular formula is C21H18ClF3N2O3. The highest BCUT2D eigenvalue weighted by Gasteiger charge is 2.62. The van der Waals surface area contributed by atoms with Gasteiger partial charge in [0.25, 0.3) is 5.56 Å². The number of pyridine rings is 1. The van der Waals surface area contributed by atoms with Gasteiger partial charge < -0.3 is 20.5 Å². The Hall–Kier alpha value is -2.71. The third-order valence-electron chi connectivity index (χ3n) is 5.71. The average molecular weight is 439 g/mol. The lowest BCUT2D eigenvalue weighted by molar-refractivity contribution is -0.272. The zero-order chi connectivity index (χ0) is 21.8. The molecule has 30 heavy (non-hydrogen) atoms. The molecule has 0 aliphatic heterocycles. The van der Waals surface area contributed by atoms with E-state index in [1.807, 2.05) is 0 Å². The summed E-state index contributed by atoms with van der Waals surface area (Å²) in [6, 6.07) is 7.24. The highest BCUT2D eigenvalue weighted by atomic mass is 35.5. The van der Waals surface area contributed by atoms with E-state index in [0.29, 0.717) is 10.8 Å². The maximum absolute atomic E-state index is 14.1. The molecule has 1 aliphatic carbocycles. The summed E-state index contributed by atoms with van der Waals surface area (Å²) < 4.78 is 42.2. The number of phenolic OH excluding ortho intramolecular Hbond substituents is 1. The first-order valence-corrected chi connectivity index (χ1v) is 9.59. The van der Waals surface area contributed by atoms with Crippen LogP contribution in [0.2, 0.25) is 5.02 Å². The van der Waals surface area contributed by atoms with Gasteiger partial charge in [-0.3, -0.25) is 4.79 Å². The minimum absolute atomic E-state index is 0.0218. The molecule has 2 aromatic carbocycles. The van der Waals surface area contributed by atoms with Crippen molar-refractivity contribution in [2.45, 2.75) is 37.1 Å². The summed E-state index contributed by atoms with van der Waals surface area (Å²) in [4.78, 5) is 14.6. The van der Waals surface area contributed by atoms with Gasteiger partial charge in [-0.05, 0) is 42.2 Å². The molecule has 4 N–H and O–H groups in total. The second-order valence-electron chi connectivity index (χ2n) is 7.58. The number of phenols is 1. The topological polar surface area (TPSA) is 85.4 Å². The number of aromatic nitrogens is 1. The first-order chi connectivity index (χ1) is 14.0. The van der Waals surface area contributed by atoms with Gasteiger partial charge in [-0.1, -0.05) is 30.7 Å². The first kappa shape index (κ1) is 20.6. The zero-order valence-electron chi connectivity index (χ0n) is 15.7. The van der Waals surface area contributed by atoms with Gasteiger partial charge >= 0.3 is 6.18 Å². The van der Waals surface area contributed by atoms with Crippen LogP contribution in [0, 0.1) is 0 Å². The normalized spacial score (nSPS) is 23.9. The number of rotatable bonds is 2. The molecule has 0 amide bonds. The lowest BCUT2D eigenvalue weighted by Gasteiger charge is -2.45. The molecule has 1 heterocycles. The first-order valence-electron chi connectivity index (χ1n) is 9.22. The number of anilines is 1. The van der Waals surface area contributed by atoms with Gasteiger partial charge in [0, 0.05) is 28.2 Å². The predicted octanol–water partition coefficient (Wildman–Crippen LogP) is 4.84. The number of aromatic amines is 1. The summed E-state index contributed by atoms with van der Waals surface area (Å²) in [5.41, 5.74) is -2.89. The van der Waals surface area contributed by atoms with E-state index in [4.69, 9.17) is 11.6 Å². The average Bonchev–Trinajstić information content (AvgIpc) is 2.67. The quantitative estimate of drug-likeness (QED) is 0.461. The van der Waals surface area contributed by atoms with Gasteiger partial charge in [-0.25, -0.2) is 0 Å². The van der Waals surface area contributed by atoms with E-state index < -0.39 is 30.2 Å². The number of aliphatic hydroxyl groups is 1. The number of hydrogen-bond acceptors (Lipinski definition) is 4. The molecule has 5 nitrogen and oxygen atoms in total. The number of fused-ring (bicyclic) bond motifs is 2. The van der Waals surface area contributed by atoms with E-state index in [1.165, 1.54) is 37.4 Å². The van der Waals surface area contributed by atoms with Gasteiger partial charge in [0.1, 0.15) is 5.75 Å². The van der Waals surface area contributed by atoms with Crippen molar-refractivity contribution in [2.75, 3.05) is 5.32 Å². The molecule has 3 atom stereocenters. The number of alkyl halides is 3. The Morgan fingerprint density at radius 1 is 1.20 bits per heavy atom. The lowest BCUT2D eigenvalue weighted by Crippen LogP contribution is -2.55. The van der Waals surface area contributed by atoms with Gasteiger partial charge in [-0.2, -0.15) is 13.2 Å². The van der Waals surface area contributed by atoms with Crippen LogP contribution in [0.25, 0.3) is 10.8 Å². The van der Waals surface area contributed by atoms with Gasteiger partial charge in [-0.15, -0.1) is 0 Å². The Morgan fingerprint density at radius 2 is 1.93 bits per heavy atom. The smallest absolute Gasteiger partial charge is 0.419 e. The van der Waals surface area contributed by atoms with E-state index >= 15 is 0 Å². The molecule has 0 saturated heterocycles. The van der Waals surface area contributed by atoms with Gasteiger partial charge in [0.05, 0.1) is 11.1 Å². The van der Waals surface area contributed by atoms with Crippen LogP contribution in [0.4, 0.5) is 18.9 Å². The van der Waals surface area contributed by atoms with E-state index in [9.17, 15) is 28.2 Å². The van der Waals surface area contributed by atoms with Crippen molar-refractivity contribution in [3.05, 3.63) is 69.1 Å². The molecule has 1 aliphatic rings. The van der Waals surface area contributed by atoms with E-state index in [1.54, 1.807) is 12.1 Å². The van der Waals surface area contributed by atoms with Crippen LogP contribution in [-0.4, -0.2) is 27.0 Å². The van der Waals surface area contributed by atoms with Crippen molar-refractivity contribution in [3.63, 3.8) is 0 Å². The fraction of sp³-hybridized carbons (Fsp3) is 0.286. The van der Waals surface area contributed by atoms with Crippen molar-refractivity contribution in [1.29, 1.82) is 0 Å². The second kappa shape index (κ2) is 6.92. The van der Waals surface area contributed by atoms with Crippen LogP contribution >= 0.6 is 11.6 Å². The van der Waals surface area contributed by atoms with Crippen molar-refractivity contribution in [3.8, 4) is 5.75 Å². The van der Waals surface area contributed by atoms with Crippen molar-refractivity contribution in [2.24, 2.45) is 0 Å². The Bertz CT molecular complexity index is 1190. The molecule has 4 rings (SSSR count). The fourth-order valence-electron chi connectivity index (χ4n) is 4.29. The van der Waals surface area contributed by atoms with E-state index in [-0.39, 0.29) is 33.1 Å². The molecule has 0 bridgehead atoms. The van der Waals surface area contributed by atoms with Crippen molar-refractivity contribution >= 4 is 28.1 Å². The number of hydrogen-bond donors (Lipinski definition) is 4. The van der Waals surface area contributed by atoms with Crippen LogP contribution in [0.5, 0.6) is 5.75 Å². The van der Waals surface area contributed by atoms with Gasteiger partial charge in [0.2, 0.25) is 0 Å². The van der Waals surface area contributed by atoms with Crippen LogP contribution in [-0.2, 0) is 0 Å². The Kier molecular flexibility index (Phi) is 4.74. The number of halogens is 4. The van der Waals surface area contributed by atoms with Gasteiger partial charge in [0.15, 0.2) is 5.60 Å². The monoisotopic (exact) mass is 438 g/mol. The van der Waals surface area contributed by atoms with Crippen molar-refractivity contribution < 1.29 is 23.4 Å². The van der Waals surface area contributed by atoms with Crippen LogP contribution in [0.15, 0.2) is 47.4 Å². The second-order valence-corrected chi connectivity index (χ2v) is 7.98. The molecule has 0 spiro atoms. The molecule has 1 aromatic heterocycles. The number of aromatic hydroxyl groups is 1. The third kappa shape index (κ3) is 3.02. The summed E-state index contributed by atoms with van der Waals surface area (Å²) in [7, 11) is 0. The maximum Gasteiger partial charge on any atom is 0.419 e. The summed E-state index contributed by atoms with van der Waals surface area (Å²) in [6.45, 7) is 1.50. The molecule has 3 aromatic rings. The SMILES string of the molecule is C[C@H]1C[C@](O)(C(F)(F)F)[C@@H](Nc2cccc3c(=O)[nH]ccc23)c2ccc(Cl)c(O)c21. The highest BCUT2D eigenvalue weighted by Crippen LogP contribution is 2.55. The van der Waals surface area contributed by atoms with Crippen LogP contribution in [0.3, 0.4) is 0 Å². The van der Waals surface area contributed by atoms with Crippen molar-refractivity contribution in [1.82, 2.24) is 4.98 Å².